The molecule has 1 aliphatic rings. The van der Waals surface area contributed by atoms with Crippen molar-refractivity contribution in [1.82, 2.24) is 4.90 Å². The van der Waals surface area contributed by atoms with Gasteiger partial charge in [-0.3, -0.25) is 4.79 Å². The van der Waals surface area contributed by atoms with Crippen LogP contribution in [-0.2, 0) is 9.53 Å². The maximum atomic E-state index is 12.3. The van der Waals surface area contributed by atoms with E-state index >= 15 is 0 Å². The number of nitrogen functional groups attached to an aromatic ring is 1. The summed E-state index contributed by atoms with van der Waals surface area (Å²) in [4.78, 5) is 15.0. The molecule has 0 aromatic heterocycles. The van der Waals surface area contributed by atoms with Gasteiger partial charge in [-0.25, -0.2) is 0 Å². The Hall–Kier alpha value is -0.910. The average Bonchev–Trinajstić information content (AvgIpc) is 2.42. The molecule has 4 nitrogen and oxygen atoms in total. The molecule has 104 valence electrons. The summed E-state index contributed by atoms with van der Waals surface area (Å²) in [6, 6.07) is 5.35. The minimum Gasteiger partial charge on any atom is -0.399 e. The molecule has 6 heteroatoms. The number of nitrogens with two attached hydrogens (primary N) is 1. The van der Waals surface area contributed by atoms with Gasteiger partial charge in [-0.1, -0.05) is 11.6 Å². The number of ether oxygens (including phenoxy) is 1. The number of rotatable bonds is 3. The Morgan fingerprint density at radius 2 is 2.16 bits per heavy atom. The van der Waals surface area contributed by atoms with E-state index in [-0.39, 0.29) is 11.2 Å². The molecule has 1 amide bonds. The molecule has 1 saturated heterocycles. The van der Waals surface area contributed by atoms with Crippen LogP contribution in [0.4, 0.5) is 5.69 Å². The molecule has 0 bridgehead atoms. The first kappa shape index (κ1) is 14.5. The molecule has 1 unspecified atom stereocenters. The van der Waals surface area contributed by atoms with Crippen molar-refractivity contribution < 1.29 is 9.53 Å². The highest BCUT2D eigenvalue weighted by atomic mass is 35.5. The molecule has 0 radical (unpaired) electrons. The van der Waals surface area contributed by atoms with Crippen molar-refractivity contribution in [2.45, 2.75) is 17.1 Å². The van der Waals surface area contributed by atoms with Crippen LogP contribution in [0, 0.1) is 0 Å². The third kappa shape index (κ3) is 3.78. The van der Waals surface area contributed by atoms with Gasteiger partial charge in [0.1, 0.15) is 0 Å². The van der Waals surface area contributed by atoms with Crippen molar-refractivity contribution in [3.63, 3.8) is 0 Å². The summed E-state index contributed by atoms with van der Waals surface area (Å²) in [5.74, 6) is 0.126. The molecule has 1 aliphatic heterocycles. The molecular formula is C13H17ClN2O2S. The Morgan fingerprint density at radius 3 is 2.79 bits per heavy atom. The van der Waals surface area contributed by atoms with E-state index in [1.165, 1.54) is 11.8 Å². The Kier molecular flexibility index (Phi) is 4.96. The van der Waals surface area contributed by atoms with Gasteiger partial charge in [0.25, 0.3) is 0 Å². The number of amides is 1. The first-order valence-corrected chi connectivity index (χ1v) is 7.42. The smallest absolute Gasteiger partial charge is 0.235 e. The number of hydrogen-bond donors (Lipinski definition) is 1. The predicted octanol–water partition coefficient (Wildman–Crippen LogP) is 2.26. The van der Waals surface area contributed by atoms with Gasteiger partial charge in [0.2, 0.25) is 5.91 Å². The number of morpholine rings is 1. The van der Waals surface area contributed by atoms with Gasteiger partial charge in [-0.2, -0.15) is 0 Å². The molecule has 1 heterocycles. The quantitative estimate of drug-likeness (QED) is 0.687. The SMILES string of the molecule is CC(Sc1ccc(N)cc1Cl)C(=O)N1CCOCC1. The minimum atomic E-state index is -0.167. The Balaban J connectivity index is 1.99. The van der Waals surface area contributed by atoms with E-state index in [1.54, 1.807) is 12.1 Å². The average molecular weight is 301 g/mol. The first-order chi connectivity index (χ1) is 9.08. The van der Waals surface area contributed by atoms with E-state index in [2.05, 4.69) is 0 Å². The Labute approximate surface area is 122 Å². The fourth-order valence-electron chi connectivity index (χ4n) is 1.89. The largest absolute Gasteiger partial charge is 0.399 e. The predicted molar refractivity (Wildman–Crippen MR) is 78.6 cm³/mol. The number of anilines is 1. The van der Waals surface area contributed by atoms with Crippen LogP contribution in [0.25, 0.3) is 0 Å². The molecule has 1 aromatic rings. The van der Waals surface area contributed by atoms with E-state index < -0.39 is 0 Å². The summed E-state index contributed by atoms with van der Waals surface area (Å²) in [5.41, 5.74) is 6.28. The summed E-state index contributed by atoms with van der Waals surface area (Å²) in [6.45, 7) is 4.46. The van der Waals surface area contributed by atoms with E-state index in [9.17, 15) is 4.79 Å². The van der Waals surface area contributed by atoms with Gasteiger partial charge in [0.15, 0.2) is 0 Å². The van der Waals surface area contributed by atoms with Crippen LogP contribution in [0.15, 0.2) is 23.1 Å². The maximum absolute atomic E-state index is 12.3. The molecular weight excluding hydrogens is 284 g/mol. The fourth-order valence-corrected chi connectivity index (χ4v) is 3.17. The number of halogens is 1. The summed E-state index contributed by atoms with van der Waals surface area (Å²) in [7, 11) is 0. The lowest BCUT2D eigenvalue weighted by Gasteiger charge is -2.29. The van der Waals surface area contributed by atoms with Crippen LogP contribution in [-0.4, -0.2) is 42.4 Å². The van der Waals surface area contributed by atoms with E-state index in [4.69, 9.17) is 22.1 Å². The molecule has 1 aromatic carbocycles. The van der Waals surface area contributed by atoms with Gasteiger partial charge in [-0.05, 0) is 25.1 Å². The summed E-state index contributed by atoms with van der Waals surface area (Å²) >= 11 is 7.58. The van der Waals surface area contributed by atoms with Crippen LogP contribution in [0.3, 0.4) is 0 Å². The van der Waals surface area contributed by atoms with Gasteiger partial charge >= 0.3 is 0 Å². The summed E-state index contributed by atoms with van der Waals surface area (Å²) in [5, 5.41) is 0.422. The summed E-state index contributed by atoms with van der Waals surface area (Å²) in [6.07, 6.45) is 0. The first-order valence-electron chi connectivity index (χ1n) is 6.16. The monoisotopic (exact) mass is 300 g/mol. The zero-order valence-electron chi connectivity index (χ0n) is 10.8. The van der Waals surface area contributed by atoms with Gasteiger partial charge in [-0.15, -0.1) is 11.8 Å². The highest BCUT2D eigenvalue weighted by Gasteiger charge is 2.23. The molecule has 2 N–H and O–H groups in total. The maximum Gasteiger partial charge on any atom is 0.235 e. The zero-order valence-corrected chi connectivity index (χ0v) is 12.3. The van der Waals surface area contributed by atoms with Crippen LogP contribution < -0.4 is 5.73 Å². The van der Waals surface area contributed by atoms with Crippen LogP contribution >= 0.6 is 23.4 Å². The summed E-state index contributed by atoms with van der Waals surface area (Å²) < 4.78 is 5.24. The lowest BCUT2D eigenvalue weighted by molar-refractivity contribution is -0.134. The number of carbonyl (C=O) groups excluding carboxylic acids is 1. The van der Waals surface area contributed by atoms with E-state index in [1.807, 2.05) is 17.9 Å². The Bertz CT molecular complexity index is 464. The molecule has 2 rings (SSSR count). The van der Waals surface area contributed by atoms with Crippen LogP contribution in [0.2, 0.25) is 5.02 Å². The lowest BCUT2D eigenvalue weighted by atomic mass is 10.3. The zero-order chi connectivity index (χ0) is 13.8. The molecule has 1 atom stereocenters. The number of benzene rings is 1. The van der Waals surface area contributed by atoms with Crippen molar-refractivity contribution in [3.05, 3.63) is 23.2 Å². The number of nitrogens with zero attached hydrogens (tertiary/aromatic N) is 1. The normalized spacial score (nSPS) is 17.3. The highest BCUT2D eigenvalue weighted by Crippen LogP contribution is 2.32. The number of thioether (sulfide) groups is 1. The third-order valence-electron chi connectivity index (χ3n) is 2.93. The second-order valence-electron chi connectivity index (χ2n) is 4.39. The Morgan fingerprint density at radius 1 is 1.47 bits per heavy atom. The molecule has 0 saturated carbocycles. The topological polar surface area (TPSA) is 55.6 Å². The van der Waals surface area contributed by atoms with Crippen molar-refractivity contribution in [2.75, 3.05) is 32.0 Å². The molecule has 19 heavy (non-hydrogen) atoms. The molecule has 0 aliphatic carbocycles. The fraction of sp³-hybridized carbons (Fsp3) is 0.462. The van der Waals surface area contributed by atoms with Crippen molar-refractivity contribution in [1.29, 1.82) is 0 Å². The third-order valence-corrected chi connectivity index (χ3v) is 4.52. The second-order valence-corrected chi connectivity index (χ2v) is 6.18. The number of hydrogen-bond acceptors (Lipinski definition) is 4. The van der Waals surface area contributed by atoms with Gasteiger partial charge < -0.3 is 15.4 Å². The highest BCUT2D eigenvalue weighted by molar-refractivity contribution is 8.00. The van der Waals surface area contributed by atoms with Crippen LogP contribution in [0.5, 0.6) is 0 Å². The van der Waals surface area contributed by atoms with Gasteiger partial charge in [0.05, 0.1) is 23.5 Å². The van der Waals surface area contributed by atoms with Crippen molar-refractivity contribution in [3.8, 4) is 0 Å². The van der Waals surface area contributed by atoms with Crippen LogP contribution in [0.1, 0.15) is 6.92 Å². The minimum absolute atomic E-state index is 0.126. The molecule has 0 spiro atoms. The van der Waals surface area contributed by atoms with Gasteiger partial charge in [0, 0.05) is 23.7 Å². The second kappa shape index (κ2) is 6.50. The van der Waals surface area contributed by atoms with Crippen molar-refractivity contribution in [2.24, 2.45) is 0 Å². The number of carbonyl (C=O) groups is 1. The van der Waals surface area contributed by atoms with Crippen molar-refractivity contribution >= 4 is 35.0 Å². The van der Waals surface area contributed by atoms with E-state index in [0.29, 0.717) is 37.0 Å². The molecule has 1 fully saturated rings. The lowest BCUT2D eigenvalue weighted by Crippen LogP contribution is -2.44. The standard InChI is InChI=1S/C13H17ClN2O2S/c1-9(13(17)16-4-6-18-7-5-16)19-12-3-2-10(15)8-11(12)14/h2-3,8-9H,4-7,15H2,1H3. The van der Waals surface area contributed by atoms with E-state index in [0.717, 1.165) is 4.90 Å².